The Morgan fingerprint density at radius 2 is 1.76 bits per heavy atom. The summed E-state index contributed by atoms with van der Waals surface area (Å²) in [5.41, 5.74) is 9.16. The Hall–Kier alpha value is -2.95. The molecule has 0 saturated heterocycles. The molecule has 1 aromatic heterocycles. The molecule has 126 valence electrons. The first-order chi connectivity index (χ1) is 11.9. The van der Waals surface area contributed by atoms with Crippen molar-refractivity contribution in [3.05, 3.63) is 65.9 Å². The number of hydrogen-bond acceptors (Lipinski definition) is 5. The van der Waals surface area contributed by atoms with Gasteiger partial charge in [0.1, 0.15) is 6.07 Å². The summed E-state index contributed by atoms with van der Waals surface area (Å²) in [6, 6.07) is 17.8. The lowest BCUT2D eigenvalue weighted by atomic mass is 10.1. The van der Waals surface area contributed by atoms with Gasteiger partial charge in [0.25, 0.3) is 0 Å². The fraction of sp³-hybridized carbons (Fsp3) is 0.111. The summed E-state index contributed by atoms with van der Waals surface area (Å²) >= 11 is 0. The van der Waals surface area contributed by atoms with Crippen molar-refractivity contribution in [2.75, 3.05) is 6.26 Å². The molecule has 0 bridgehead atoms. The number of aromatic nitrogens is 2. The second kappa shape index (κ2) is 6.51. The van der Waals surface area contributed by atoms with Crippen molar-refractivity contribution in [2.24, 2.45) is 5.73 Å². The molecule has 0 fully saturated rings. The molecule has 3 aromatic rings. The lowest BCUT2D eigenvalue weighted by Crippen LogP contribution is -2.01. The maximum absolute atomic E-state index is 11.6. The largest absolute Gasteiger partial charge is 0.326 e. The highest BCUT2D eigenvalue weighted by atomic mass is 32.2. The van der Waals surface area contributed by atoms with Crippen molar-refractivity contribution in [3.63, 3.8) is 0 Å². The van der Waals surface area contributed by atoms with Crippen LogP contribution in [-0.2, 0) is 16.4 Å². The van der Waals surface area contributed by atoms with Gasteiger partial charge in [0.05, 0.1) is 16.3 Å². The van der Waals surface area contributed by atoms with Crippen molar-refractivity contribution < 1.29 is 8.42 Å². The minimum Gasteiger partial charge on any atom is -0.326 e. The lowest BCUT2D eigenvalue weighted by molar-refractivity contribution is 0.602. The van der Waals surface area contributed by atoms with Crippen LogP contribution >= 0.6 is 0 Å². The highest BCUT2D eigenvalue weighted by molar-refractivity contribution is 7.90. The summed E-state index contributed by atoms with van der Waals surface area (Å²) in [6.45, 7) is 0.447. The molecule has 0 aliphatic carbocycles. The molecule has 0 amide bonds. The SMILES string of the molecule is CS(=O)(=O)c1ccc(-c2cc(C#N)nn2-c2ccc(CN)cc2)cc1. The molecule has 2 aromatic carbocycles. The summed E-state index contributed by atoms with van der Waals surface area (Å²) in [7, 11) is -3.26. The van der Waals surface area contributed by atoms with Gasteiger partial charge in [-0.15, -0.1) is 0 Å². The van der Waals surface area contributed by atoms with E-state index in [1.807, 2.05) is 30.3 Å². The Kier molecular flexibility index (Phi) is 4.40. The van der Waals surface area contributed by atoms with Gasteiger partial charge in [-0.05, 0) is 29.8 Å². The van der Waals surface area contributed by atoms with Crippen LogP contribution in [-0.4, -0.2) is 24.5 Å². The Balaban J connectivity index is 2.10. The standard InChI is InChI=1S/C18H16N4O2S/c1-25(23,24)17-8-4-14(5-9-17)18-10-15(12-20)21-22(18)16-6-2-13(11-19)3-7-16/h2-10H,11,19H2,1H3. The summed E-state index contributed by atoms with van der Waals surface area (Å²) in [6.07, 6.45) is 1.17. The quantitative estimate of drug-likeness (QED) is 0.776. The van der Waals surface area contributed by atoms with Crippen LogP contribution in [0.2, 0.25) is 0 Å². The molecule has 7 heteroatoms. The summed E-state index contributed by atoms with van der Waals surface area (Å²) in [5, 5.41) is 13.5. The summed E-state index contributed by atoms with van der Waals surface area (Å²) in [5.74, 6) is 0. The van der Waals surface area contributed by atoms with Crippen molar-refractivity contribution in [1.82, 2.24) is 9.78 Å². The van der Waals surface area contributed by atoms with Crippen LogP contribution in [0.1, 0.15) is 11.3 Å². The third-order valence-electron chi connectivity index (χ3n) is 3.82. The van der Waals surface area contributed by atoms with Gasteiger partial charge in [-0.2, -0.15) is 10.4 Å². The Bertz CT molecular complexity index is 1040. The highest BCUT2D eigenvalue weighted by Crippen LogP contribution is 2.25. The number of nitrogens with two attached hydrogens (primary N) is 1. The molecular weight excluding hydrogens is 336 g/mol. The predicted molar refractivity (Wildman–Crippen MR) is 94.7 cm³/mol. The fourth-order valence-corrected chi connectivity index (χ4v) is 3.11. The highest BCUT2D eigenvalue weighted by Gasteiger charge is 2.13. The zero-order chi connectivity index (χ0) is 18.0. The van der Waals surface area contributed by atoms with E-state index in [1.165, 1.54) is 6.26 Å². The summed E-state index contributed by atoms with van der Waals surface area (Å²) < 4.78 is 24.9. The second-order valence-corrected chi connectivity index (χ2v) is 7.62. The zero-order valence-electron chi connectivity index (χ0n) is 13.5. The fourth-order valence-electron chi connectivity index (χ4n) is 2.48. The molecule has 0 radical (unpaired) electrons. The number of hydrogen-bond donors (Lipinski definition) is 1. The molecule has 0 atom stereocenters. The first-order valence-electron chi connectivity index (χ1n) is 7.52. The number of sulfone groups is 1. The Morgan fingerprint density at radius 1 is 1.12 bits per heavy atom. The molecule has 6 nitrogen and oxygen atoms in total. The van der Waals surface area contributed by atoms with Crippen LogP contribution in [0.25, 0.3) is 16.9 Å². The van der Waals surface area contributed by atoms with Crippen molar-refractivity contribution in [2.45, 2.75) is 11.4 Å². The Labute approximate surface area is 146 Å². The molecule has 2 N–H and O–H groups in total. The molecular formula is C18H16N4O2S. The molecule has 1 heterocycles. The van der Waals surface area contributed by atoms with E-state index in [0.717, 1.165) is 16.8 Å². The van der Waals surface area contributed by atoms with Crippen molar-refractivity contribution in [1.29, 1.82) is 5.26 Å². The number of nitrogens with zero attached hydrogens (tertiary/aromatic N) is 3. The van der Waals surface area contributed by atoms with E-state index in [0.29, 0.717) is 12.2 Å². The maximum atomic E-state index is 11.6. The van der Waals surface area contributed by atoms with Gasteiger partial charge in [-0.1, -0.05) is 24.3 Å². The average Bonchev–Trinajstić information content (AvgIpc) is 3.05. The molecule has 0 saturated carbocycles. The van der Waals surface area contributed by atoms with E-state index in [-0.39, 0.29) is 10.6 Å². The van der Waals surface area contributed by atoms with E-state index in [9.17, 15) is 13.7 Å². The van der Waals surface area contributed by atoms with Gasteiger partial charge in [-0.3, -0.25) is 0 Å². The molecule has 25 heavy (non-hydrogen) atoms. The van der Waals surface area contributed by atoms with Gasteiger partial charge in [0.2, 0.25) is 0 Å². The van der Waals surface area contributed by atoms with Crippen LogP contribution in [0, 0.1) is 11.3 Å². The smallest absolute Gasteiger partial charge is 0.175 e. The van der Waals surface area contributed by atoms with E-state index < -0.39 is 9.84 Å². The molecule has 0 spiro atoms. The Morgan fingerprint density at radius 3 is 2.28 bits per heavy atom. The van der Waals surface area contributed by atoms with Crippen LogP contribution in [0.3, 0.4) is 0 Å². The first kappa shape index (κ1) is 16.9. The molecule has 0 aliphatic rings. The minimum absolute atomic E-state index is 0.245. The number of benzene rings is 2. The maximum Gasteiger partial charge on any atom is 0.175 e. The number of rotatable bonds is 4. The predicted octanol–water partition coefficient (Wildman–Crippen LogP) is 2.27. The van der Waals surface area contributed by atoms with Crippen LogP contribution in [0.4, 0.5) is 0 Å². The van der Waals surface area contributed by atoms with Crippen LogP contribution in [0.15, 0.2) is 59.5 Å². The van der Waals surface area contributed by atoms with Crippen LogP contribution in [0.5, 0.6) is 0 Å². The minimum atomic E-state index is -3.26. The van der Waals surface area contributed by atoms with E-state index in [2.05, 4.69) is 5.10 Å². The number of nitriles is 1. The van der Waals surface area contributed by atoms with Gasteiger partial charge in [-0.25, -0.2) is 13.1 Å². The van der Waals surface area contributed by atoms with E-state index >= 15 is 0 Å². The topological polar surface area (TPSA) is 102 Å². The van der Waals surface area contributed by atoms with Gasteiger partial charge >= 0.3 is 0 Å². The summed E-state index contributed by atoms with van der Waals surface area (Å²) in [4.78, 5) is 0.245. The average molecular weight is 352 g/mol. The van der Waals surface area contributed by atoms with Crippen molar-refractivity contribution >= 4 is 9.84 Å². The van der Waals surface area contributed by atoms with Gasteiger partial charge < -0.3 is 5.73 Å². The zero-order valence-corrected chi connectivity index (χ0v) is 14.4. The third-order valence-corrected chi connectivity index (χ3v) is 4.95. The monoisotopic (exact) mass is 352 g/mol. The third kappa shape index (κ3) is 3.45. The van der Waals surface area contributed by atoms with E-state index in [4.69, 9.17) is 5.73 Å². The second-order valence-electron chi connectivity index (χ2n) is 5.61. The van der Waals surface area contributed by atoms with Crippen LogP contribution < -0.4 is 5.73 Å². The normalized spacial score (nSPS) is 11.2. The molecule has 0 unspecified atom stereocenters. The van der Waals surface area contributed by atoms with Gasteiger partial charge in [0.15, 0.2) is 15.5 Å². The first-order valence-corrected chi connectivity index (χ1v) is 9.41. The lowest BCUT2D eigenvalue weighted by Gasteiger charge is -2.09. The molecule has 0 aliphatic heterocycles. The van der Waals surface area contributed by atoms with Crippen molar-refractivity contribution in [3.8, 4) is 23.0 Å². The molecule has 3 rings (SSSR count). The van der Waals surface area contributed by atoms with Gasteiger partial charge in [0, 0.05) is 24.4 Å². The van der Waals surface area contributed by atoms with E-state index in [1.54, 1.807) is 35.0 Å².